The highest BCUT2D eigenvalue weighted by atomic mass is 16.5. The van der Waals surface area contributed by atoms with Gasteiger partial charge in [-0.15, -0.1) is 0 Å². The van der Waals surface area contributed by atoms with Gasteiger partial charge in [-0.05, 0) is 48.1 Å². The molecule has 1 amide bonds. The normalized spacial score (nSPS) is 18.8. The van der Waals surface area contributed by atoms with Crippen molar-refractivity contribution in [3.8, 4) is 11.1 Å². The minimum Gasteiger partial charge on any atom is -0.379 e. The molecule has 5 heteroatoms. The van der Waals surface area contributed by atoms with Gasteiger partial charge in [0.1, 0.15) is 5.69 Å². The molecule has 5 nitrogen and oxygen atoms in total. The molecule has 3 heterocycles. The Bertz CT molecular complexity index is 743. The summed E-state index contributed by atoms with van der Waals surface area (Å²) in [4.78, 5) is 20.2. The third-order valence-corrected chi connectivity index (χ3v) is 5.33. The van der Waals surface area contributed by atoms with Crippen molar-refractivity contribution >= 4 is 5.91 Å². The molecule has 138 valence electrons. The number of hydrogen-bond acceptors (Lipinski definition) is 3. The standard InChI is InChI=1S/C21H27N3O2/c25-21(24-7-2-1-3-8-24)20-14-19(15-22-20)18-6-4-5-17(13-18)16-23-9-11-26-12-10-23/h4-6,13-15,22H,1-3,7-12,16H2. The second kappa shape index (κ2) is 8.06. The quantitative estimate of drug-likeness (QED) is 0.919. The largest absolute Gasteiger partial charge is 0.379 e. The molecule has 2 aliphatic heterocycles. The second-order valence-electron chi connectivity index (χ2n) is 7.24. The van der Waals surface area contributed by atoms with Crippen molar-refractivity contribution in [1.82, 2.24) is 14.8 Å². The number of rotatable bonds is 4. The molecule has 2 saturated heterocycles. The van der Waals surface area contributed by atoms with Gasteiger partial charge in [-0.2, -0.15) is 0 Å². The van der Waals surface area contributed by atoms with Crippen LogP contribution in [0.3, 0.4) is 0 Å². The molecule has 2 aromatic rings. The van der Waals surface area contributed by atoms with Crippen LogP contribution >= 0.6 is 0 Å². The Morgan fingerprint density at radius 3 is 2.62 bits per heavy atom. The molecule has 0 aliphatic carbocycles. The van der Waals surface area contributed by atoms with Crippen LogP contribution in [-0.4, -0.2) is 60.1 Å². The van der Waals surface area contributed by atoms with E-state index in [-0.39, 0.29) is 5.91 Å². The lowest BCUT2D eigenvalue weighted by Crippen LogP contribution is -2.35. The number of likely N-dealkylation sites (tertiary alicyclic amines) is 1. The zero-order chi connectivity index (χ0) is 17.8. The van der Waals surface area contributed by atoms with E-state index in [1.807, 2.05) is 17.2 Å². The van der Waals surface area contributed by atoms with Gasteiger partial charge >= 0.3 is 0 Å². The highest BCUT2D eigenvalue weighted by Gasteiger charge is 2.19. The van der Waals surface area contributed by atoms with E-state index in [1.54, 1.807) is 0 Å². The van der Waals surface area contributed by atoms with Gasteiger partial charge in [0.05, 0.1) is 13.2 Å². The number of morpholine rings is 1. The van der Waals surface area contributed by atoms with E-state index in [0.717, 1.165) is 69.9 Å². The van der Waals surface area contributed by atoms with Crippen molar-refractivity contribution in [2.24, 2.45) is 0 Å². The molecule has 1 aromatic carbocycles. The van der Waals surface area contributed by atoms with Gasteiger partial charge in [-0.3, -0.25) is 9.69 Å². The number of nitrogens with zero attached hydrogens (tertiary/aromatic N) is 2. The Labute approximate surface area is 154 Å². The average molecular weight is 353 g/mol. The number of carbonyl (C=O) groups excluding carboxylic acids is 1. The van der Waals surface area contributed by atoms with Crippen LogP contribution in [-0.2, 0) is 11.3 Å². The highest BCUT2D eigenvalue weighted by molar-refractivity contribution is 5.94. The zero-order valence-electron chi connectivity index (χ0n) is 15.2. The number of hydrogen-bond donors (Lipinski definition) is 1. The van der Waals surface area contributed by atoms with Crippen molar-refractivity contribution in [1.29, 1.82) is 0 Å². The zero-order valence-corrected chi connectivity index (χ0v) is 15.2. The van der Waals surface area contributed by atoms with E-state index < -0.39 is 0 Å². The summed E-state index contributed by atoms with van der Waals surface area (Å²) in [5.74, 6) is 0.125. The van der Waals surface area contributed by atoms with Crippen molar-refractivity contribution in [2.75, 3.05) is 39.4 Å². The molecule has 0 radical (unpaired) electrons. The van der Waals surface area contributed by atoms with Crippen LogP contribution < -0.4 is 0 Å². The summed E-state index contributed by atoms with van der Waals surface area (Å²) in [6.07, 6.45) is 5.41. The number of benzene rings is 1. The van der Waals surface area contributed by atoms with Crippen LogP contribution in [0.25, 0.3) is 11.1 Å². The first-order chi connectivity index (χ1) is 12.8. The molecule has 0 saturated carbocycles. The van der Waals surface area contributed by atoms with Crippen LogP contribution in [0.2, 0.25) is 0 Å². The SMILES string of the molecule is O=C(c1cc(-c2cccc(CN3CCOCC3)c2)c[nH]1)N1CCCCC1. The Hall–Kier alpha value is -2.11. The summed E-state index contributed by atoms with van der Waals surface area (Å²) in [7, 11) is 0. The molecule has 0 atom stereocenters. The van der Waals surface area contributed by atoms with Crippen LogP contribution in [0.4, 0.5) is 0 Å². The number of carbonyl (C=O) groups is 1. The first-order valence-electron chi connectivity index (χ1n) is 9.67. The molecule has 1 N–H and O–H groups in total. The minimum absolute atomic E-state index is 0.125. The fourth-order valence-corrected chi connectivity index (χ4v) is 3.82. The van der Waals surface area contributed by atoms with E-state index in [9.17, 15) is 4.79 Å². The van der Waals surface area contributed by atoms with Crippen molar-refractivity contribution in [3.63, 3.8) is 0 Å². The first kappa shape index (κ1) is 17.3. The lowest BCUT2D eigenvalue weighted by molar-refractivity contribution is 0.0342. The Morgan fingerprint density at radius 1 is 1.00 bits per heavy atom. The molecule has 2 fully saturated rings. The van der Waals surface area contributed by atoms with Gasteiger partial charge in [0, 0.05) is 38.9 Å². The Morgan fingerprint density at radius 2 is 1.81 bits per heavy atom. The third kappa shape index (κ3) is 4.00. The number of aromatic amines is 1. The summed E-state index contributed by atoms with van der Waals surface area (Å²) in [6, 6.07) is 10.6. The van der Waals surface area contributed by atoms with Crippen LogP contribution in [0, 0.1) is 0 Å². The number of piperidine rings is 1. The monoisotopic (exact) mass is 353 g/mol. The van der Waals surface area contributed by atoms with Crippen molar-refractivity contribution < 1.29 is 9.53 Å². The van der Waals surface area contributed by atoms with Crippen molar-refractivity contribution in [2.45, 2.75) is 25.8 Å². The Balaban J connectivity index is 1.46. The number of aromatic nitrogens is 1. The maximum atomic E-state index is 12.7. The topological polar surface area (TPSA) is 48.6 Å². The van der Waals surface area contributed by atoms with E-state index in [2.05, 4.69) is 34.1 Å². The summed E-state index contributed by atoms with van der Waals surface area (Å²) in [6.45, 7) is 6.32. The van der Waals surface area contributed by atoms with Gasteiger partial charge in [0.2, 0.25) is 0 Å². The average Bonchev–Trinajstić information content (AvgIpc) is 3.19. The first-order valence-corrected chi connectivity index (χ1v) is 9.67. The van der Waals surface area contributed by atoms with Gasteiger partial charge in [-0.1, -0.05) is 18.2 Å². The maximum absolute atomic E-state index is 12.7. The molecule has 1 aromatic heterocycles. The number of H-pyrrole nitrogens is 1. The van der Waals surface area contributed by atoms with Crippen LogP contribution in [0.1, 0.15) is 35.3 Å². The fraction of sp³-hybridized carbons (Fsp3) is 0.476. The maximum Gasteiger partial charge on any atom is 0.270 e. The molecule has 4 rings (SSSR count). The highest BCUT2D eigenvalue weighted by Crippen LogP contribution is 2.23. The molecule has 0 bridgehead atoms. The molecule has 0 spiro atoms. The lowest BCUT2D eigenvalue weighted by atomic mass is 10.0. The Kier molecular flexibility index (Phi) is 5.37. The van der Waals surface area contributed by atoms with Gasteiger partial charge < -0.3 is 14.6 Å². The molecule has 26 heavy (non-hydrogen) atoms. The second-order valence-corrected chi connectivity index (χ2v) is 7.24. The predicted octanol–water partition coefficient (Wildman–Crippen LogP) is 3.14. The van der Waals surface area contributed by atoms with Gasteiger partial charge in [0.25, 0.3) is 5.91 Å². The summed E-state index contributed by atoms with van der Waals surface area (Å²) < 4.78 is 5.42. The van der Waals surface area contributed by atoms with E-state index in [0.29, 0.717) is 5.69 Å². The van der Waals surface area contributed by atoms with Crippen molar-refractivity contribution in [3.05, 3.63) is 47.8 Å². The lowest BCUT2D eigenvalue weighted by Gasteiger charge is -2.26. The van der Waals surface area contributed by atoms with E-state index in [1.165, 1.54) is 12.0 Å². The smallest absolute Gasteiger partial charge is 0.270 e. The molecule has 0 unspecified atom stereocenters. The summed E-state index contributed by atoms with van der Waals surface area (Å²) >= 11 is 0. The fourth-order valence-electron chi connectivity index (χ4n) is 3.82. The summed E-state index contributed by atoms with van der Waals surface area (Å²) in [5, 5.41) is 0. The van der Waals surface area contributed by atoms with E-state index >= 15 is 0 Å². The van der Waals surface area contributed by atoms with Crippen LogP contribution in [0.5, 0.6) is 0 Å². The summed E-state index contributed by atoms with van der Waals surface area (Å²) in [5.41, 5.74) is 4.23. The third-order valence-electron chi connectivity index (χ3n) is 5.33. The van der Waals surface area contributed by atoms with Gasteiger partial charge in [-0.25, -0.2) is 0 Å². The molecular formula is C21H27N3O2. The van der Waals surface area contributed by atoms with E-state index in [4.69, 9.17) is 4.74 Å². The molecule has 2 aliphatic rings. The van der Waals surface area contributed by atoms with Crippen LogP contribution in [0.15, 0.2) is 36.5 Å². The molecular weight excluding hydrogens is 326 g/mol. The number of nitrogens with one attached hydrogen (secondary N) is 1. The minimum atomic E-state index is 0.125. The number of amides is 1. The van der Waals surface area contributed by atoms with Gasteiger partial charge in [0.15, 0.2) is 0 Å². The predicted molar refractivity (Wildman–Crippen MR) is 102 cm³/mol. The number of ether oxygens (including phenoxy) is 1.